The summed E-state index contributed by atoms with van der Waals surface area (Å²) >= 11 is 6.00. The molecule has 9 heteroatoms. The van der Waals surface area contributed by atoms with Crippen LogP contribution in [-0.2, 0) is 10.0 Å². The van der Waals surface area contributed by atoms with Gasteiger partial charge in [-0.25, -0.2) is 13.1 Å². The highest BCUT2D eigenvalue weighted by atomic mass is 35.5. The Kier molecular flexibility index (Phi) is 6.36. The highest BCUT2D eigenvalue weighted by Crippen LogP contribution is 2.20. The van der Waals surface area contributed by atoms with Gasteiger partial charge >= 0.3 is 0 Å². The van der Waals surface area contributed by atoms with Crippen LogP contribution in [0.5, 0.6) is 5.75 Å². The fourth-order valence-corrected chi connectivity index (χ4v) is 3.98. The largest absolute Gasteiger partial charge is 0.497 e. The lowest BCUT2D eigenvalue weighted by molar-refractivity contribution is 0.0953. The van der Waals surface area contributed by atoms with Crippen LogP contribution >= 0.6 is 11.6 Å². The number of fused-ring (bicyclic) bond motifs is 1. The molecule has 0 radical (unpaired) electrons. The van der Waals surface area contributed by atoms with Crippen LogP contribution < -0.4 is 14.8 Å². The van der Waals surface area contributed by atoms with Gasteiger partial charge in [-0.15, -0.1) is 0 Å². The summed E-state index contributed by atoms with van der Waals surface area (Å²) in [4.78, 5) is 17.0. The molecule has 0 aliphatic heterocycles. The molecule has 29 heavy (non-hydrogen) atoms. The number of aryl methyl sites for hydroxylation is 1. The minimum atomic E-state index is -3.67. The predicted octanol–water partition coefficient (Wildman–Crippen LogP) is 2.91. The van der Waals surface area contributed by atoms with Crippen LogP contribution in [0.15, 0.2) is 53.4 Å². The highest BCUT2D eigenvalue weighted by Gasteiger charge is 2.15. The van der Waals surface area contributed by atoms with E-state index in [9.17, 15) is 13.2 Å². The number of halogens is 1. The van der Waals surface area contributed by atoms with E-state index in [1.54, 1.807) is 43.3 Å². The van der Waals surface area contributed by atoms with E-state index < -0.39 is 10.0 Å². The Labute approximate surface area is 174 Å². The second-order valence-corrected chi connectivity index (χ2v) is 8.49. The van der Waals surface area contributed by atoms with Crippen molar-refractivity contribution in [2.75, 3.05) is 20.2 Å². The molecule has 0 unspecified atom stereocenters. The number of nitrogens with one attached hydrogen (secondary N) is 2. The number of benzene rings is 2. The lowest BCUT2D eigenvalue weighted by Crippen LogP contribution is -2.35. The van der Waals surface area contributed by atoms with Crippen molar-refractivity contribution in [1.82, 2.24) is 15.0 Å². The average Bonchev–Trinajstić information content (AvgIpc) is 2.71. The number of nitrogens with zero attached hydrogens (tertiary/aromatic N) is 1. The third-order valence-corrected chi connectivity index (χ3v) is 6.00. The Hall–Kier alpha value is -2.68. The number of pyridine rings is 1. The molecule has 0 aliphatic rings. The standard InChI is InChI=1S/C20H20ClN3O4S/c1-13-18(12-14-11-15(21)3-8-19(14)24-13)20(25)22-9-10-23-29(26,27)17-6-4-16(28-2)5-7-17/h3-8,11-12,23H,9-10H2,1-2H3,(H,22,25). The molecule has 0 atom stereocenters. The number of rotatable bonds is 7. The molecule has 3 aromatic rings. The first-order valence-electron chi connectivity index (χ1n) is 8.79. The van der Waals surface area contributed by atoms with Crippen molar-refractivity contribution in [1.29, 1.82) is 0 Å². The Morgan fingerprint density at radius 3 is 2.52 bits per heavy atom. The lowest BCUT2D eigenvalue weighted by Gasteiger charge is -2.10. The zero-order valence-corrected chi connectivity index (χ0v) is 17.5. The molecule has 0 spiro atoms. The Bertz CT molecular complexity index is 1150. The van der Waals surface area contributed by atoms with Gasteiger partial charge in [0.2, 0.25) is 10.0 Å². The Balaban J connectivity index is 1.61. The van der Waals surface area contributed by atoms with Crippen LogP contribution in [0, 0.1) is 6.92 Å². The molecular weight excluding hydrogens is 414 g/mol. The number of carbonyl (C=O) groups excluding carboxylic acids is 1. The van der Waals surface area contributed by atoms with Crippen molar-refractivity contribution in [3.8, 4) is 5.75 Å². The second-order valence-electron chi connectivity index (χ2n) is 6.29. The fraction of sp³-hybridized carbons (Fsp3) is 0.200. The maximum atomic E-state index is 12.5. The normalized spacial score (nSPS) is 11.4. The van der Waals surface area contributed by atoms with Gasteiger partial charge in [-0.1, -0.05) is 11.6 Å². The van der Waals surface area contributed by atoms with E-state index in [4.69, 9.17) is 16.3 Å². The Morgan fingerprint density at radius 1 is 1.10 bits per heavy atom. The van der Waals surface area contributed by atoms with E-state index in [-0.39, 0.29) is 23.9 Å². The molecule has 2 aromatic carbocycles. The van der Waals surface area contributed by atoms with Gasteiger partial charge in [0.25, 0.3) is 5.91 Å². The van der Waals surface area contributed by atoms with Crippen molar-refractivity contribution < 1.29 is 17.9 Å². The van der Waals surface area contributed by atoms with Crippen LogP contribution in [0.1, 0.15) is 16.1 Å². The van der Waals surface area contributed by atoms with Gasteiger partial charge in [0, 0.05) is 23.5 Å². The summed E-state index contributed by atoms with van der Waals surface area (Å²) in [5, 5.41) is 4.02. The van der Waals surface area contributed by atoms with Gasteiger partial charge in [-0.05, 0) is 55.5 Å². The summed E-state index contributed by atoms with van der Waals surface area (Å²) < 4.78 is 32.1. The molecule has 0 aliphatic carbocycles. The van der Waals surface area contributed by atoms with Crippen LogP contribution in [0.2, 0.25) is 5.02 Å². The molecule has 0 bridgehead atoms. The summed E-state index contributed by atoms with van der Waals surface area (Å²) in [6.07, 6.45) is 0. The van der Waals surface area contributed by atoms with Gasteiger partial charge < -0.3 is 10.1 Å². The topological polar surface area (TPSA) is 97.4 Å². The second kappa shape index (κ2) is 8.77. The Morgan fingerprint density at radius 2 is 1.83 bits per heavy atom. The number of aromatic nitrogens is 1. The van der Waals surface area contributed by atoms with E-state index in [2.05, 4.69) is 15.0 Å². The van der Waals surface area contributed by atoms with Crippen LogP contribution in [0.3, 0.4) is 0 Å². The molecule has 1 amide bonds. The van der Waals surface area contributed by atoms with E-state index in [1.807, 2.05) is 0 Å². The number of hydrogen-bond acceptors (Lipinski definition) is 5. The van der Waals surface area contributed by atoms with Gasteiger partial charge in [0.05, 0.1) is 28.8 Å². The lowest BCUT2D eigenvalue weighted by atomic mass is 10.1. The molecule has 2 N–H and O–H groups in total. The number of carbonyl (C=O) groups is 1. The van der Waals surface area contributed by atoms with Gasteiger partial charge in [0.1, 0.15) is 5.75 Å². The summed E-state index contributed by atoms with van der Waals surface area (Å²) in [5.41, 5.74) is 1.74. The van der Waals surface area contributed by atoms with Crippen molar-refractivity contribution in [3.05, 3.63) is 64.8 Å². The highest BCUT2D eigenvalue weighted by molar-refractivity contribution is 7.89. The summed E-state index contributed by atoms with van der Waals surface area (Å²) in [7, 11) is -2.17. The summed E-state index contributed by atoms with van der Waals surface area (Å²) in [5.74, 6) is 0.234. The van der Waals surface area contributed by atoms with E-state index >= 15 is 0 Å². The van der Waals surface area contributed by atoms with Crippen molar-refractivity contribution in [3.63, 3.8) is 0 Å². The molecule has 0 saturated carbocycles. The first-order valence-corrected chi connectivity index (χ1v) is 10.6. The first-order chi connectivity index (χ1) is 13.8. The molecule has 3 rings (SSSR count). The summed E-state index contributed by atoms with van der Waals surface area (Å²) in [6, 6.07) is 13.0. The number of hydrogen-bond donors (Lipinski definition) is 2. The molecule has 0 saturated heterocycles. The molecule has 7 nitrogen and oxygen atoms in total. The number of methoxy groups -OCH3 is 1. The van der Waals surface area contributed by atoms with Gasteiger partial charge in [0.15, 0.2) is 0 Å². The number of amides is 1. The first kappa shape index (κ1) is 21.0. The maximum absolute atomic E-state index is 12.5. The molecular formula is C20H20ClN3O4S. The average molecular weight is 434 g/mol. The monoisotopic (exact) mass is 433 g/mol. The molecule has 152 valence electrons. The number of ether oxygens (including phenoxy) is 1. The smallest absolute Gasteiger partial charge is 0.253 e. The predicted molar refractivity (Wildman–Crippen MR) is 112 cm³/mol. The van der Waals surface area contributed by atoms with Crippen molar-refractivity contribution in [2.24, 2.45) is 0 Å². The molecule has 0 fully saturated rings. The third kappa shape index (κ3) is 5.03. The molecule has 1 heterocycles. The van der Waals surface area contributed by atoms with Crippen LogP contribution in [0.4, 0.5) is 0 Å². The number of sulfonamides is 1. The molecule has 1 aromatic heterocycles. The van der Waals surface area contributed by atoms with Crippen LogP contribution in [0.25, 0.3) is 10.9 Å². The van der Waals surface area contributed by atoms with E-state index in [1.165, 1.54) is 19.2 Å². The van der Waals surface area contributed by atoms with Crippen LogP contribution in [-0.4, -0.2) is 39.5 Å². The summed E-state index contributed by atoms with van der Waals surface area (Å²) in [6.45, 7) is 1.92. The quantitative estimate of drug-likeness (QED) is 0.558. The minimum absolute atomic E-state index is 0.0476. The van der Waals surface area contributed by atoms with Crippen molar-refractivity contribution in [2.45, 2.75) is 11.8 Å². The van der Waals surface area contributed by atoms with E-state index in [0.717, 1.165) is 10.9 Å². The van der Waals surface area contributed by atoms with E-state index in [0.29, 0.717) is 22.0 Å². The SMILES string of the molecule is COc1ccc(S(=O)(=O)NCCNC(=O)c2cc3cc(Cl)ccc3nc2C)cc1. The van der Waals surface area contributed by atoms with Gasteiger partial charge in [-0.2, -0.15) is 0 Å². The van der Waals surface area contributed by atoms with Crippen molar-refractivity contribution >= 4 is 38.4 Å². The fourth-order valence-electron chi connectivity index (χ4n) is 2.77. The zero-order valence-electron chi connectivity index (χ0n) is 15.9. The third-order valence-electron chi connectivity index (χ3n) is 4.28. The maximum Gasteiger partial charge on any atom is 0.253 e. The minimum Gasteiger partial charge on any atom is -0.497 e. The zero-order chi connectivity index (χ0) is 21.0. The van der Waals surface area contributed by atoms with Gasteiger partial charge in [-0.3, -0.25) is 9.78 Å².